The van der Waals surface area contributed by atoms with Crippen LogP contribution >= 0.6 is 11.3 Å². The molecule has 0 saturated heterocycles. The summed E-state index contributed by atoms with van der Waals surface area (Å²) in [6.45, 7) is 0. The second-order valence-electron chi connectivity index (χ2n) is 3.31. The Kier molecular flexibility index (Phi) is 2.90. The summed E-state index contributed by atoms with van der Waals surface area (Å²) >= 11 is 1.07. The zero-order chi connectivity index (χ0) is 12.4. The second kappa shape index (κ2) is 4.36. The minimum absolute atomic E-state index is 0.138. The zero-order valence-electron chi connectivity index (χ0n) is 8.48. The van der Waals surface area contributed by atoms with Gasteiger partial charge in [-0.25, -0.2) is 9.18 Å². The SMILES string of the molecule is N#Cc1cc(F)cc(-c2ccsc2C(=O)O)c1. The number of hydrogen-bond acceptors (Lipinski definition) is 3. The fourth-order valence-corrected chi connectivity index (χ4v) is 2.27. The van der Waals surface area contributed by atoms with Crippen LogP contribution in [-0.2, 0) is 0 Å². The van der Waals surface area contributed by atoms with Crippen LogP contribution in [0, 0.1) is 17.1 Å². The number of thiophene rings is 1. The van der Waals surface area contributed by atoms with Crippen LogP contribution in [0.15, 0.2) is 29.6 Å². The first-order valence-corrected chi connectivity index (χ1v) is 5.51. The number of carboxylic acids is 1. The van der Waals surface area contributed by atoms with Crippen molar-refractivity contribution in [2.75, 3.05) is 0 Å². The van der Waals surface area contributed by atoms with Crippen molar-refractivity contribution >= 4 is 17.3 Å². The monoisotopic (exact) mass is 247 g/mol. The summed E-state index contributed by atoms with van der Waals surface area (Å²) in [5, 5.41) is 19.3. The maximum absolute atomic E-state index is 13.2. The molecule has 84 valence electrons. The predicted octanol–water partition coefficient (Wildman–Crippen LogP) is 3.12. The number of nitriles is 1. The average molecular weight is 247 g/mol. The Hall–Kier alpha value is -2.19. The van der Waals surface area contributed by atoms with E-state index in [1.807, 2.05) is 6.07 Å². The highest BCUT2D eigenvalue weighted by molar-refractivity contribution is 7.12. The number of carboxylic acid groups (broad SMARTS) is 1. The molecule has 0 saturated carbocycles. The van der Waals surface area contributed by atoms with Gasteiger partial charge in [0, 0.05) is 5.56 Å². The molecule has 0 amide bonds. The van der Waals surface area contributed by atoms with Gasteiger partial charge in [0.1, 0.15) is 10.7 Å². The number of rotatable bonds is 2. The van der Waals surface area contributed by atoms with Gasteiger partial charge in [-0.15, -0.1) is 11.3 Å². The van der Waals surface area contributed by atoms with E-state index in [0.717, 1.165) is 17.4 Å². The van der Waals surface area contributed by atoms with E-state index >= 15 is 0 Å². The Morgan fingerprint density at radius 2 is 2.18 bits per heavy atom. The summed E-state index contributed by atoms with van der Waals surface area (Å²) in [6.07, 6.45) is 0. The van der Waals surface area contributed by atoms with Gasteiger partial charge in [0.15, 0.2) is 0 Å². The highest BCUT2D eigenvalue weighted by Gasteiger charge is 2.14. The molecule has 1 aromatic carbocycles. The molecule has 0 atom stereocenters. The van der Waals surface area contributed by atoms with E-state index in [-0.39, 0.29) is 10.4 Å². The third kappa shape index (κ3) is 2.17. The van der Waals surface area contributed by atoms with Crippen LogP contribution in [0.4, 0.5) is 4.39 Å². The van der Waals surface area contributed by atoms with Gasteiger partial charge in [-0.2, -0.15) is 5.26 Å². The molecular weight excluding hydrogens is 241 g/mol. The van der Waals surface area contributed by atoms with E-state index in [0.29, 0.717) is 11.1 Å². The lowest BCUT2D eigenvalue weighted by molar-refractivity contribution is 0.0703. The number of halogens is 1. The standard InChI is InChI=1S/C12H6FNO2S/c13-9-4-7(6-14)3-8(5-9)10-1-2-17-11(10)12(15)16/h1-5H,(H,15,16). The fourth-order valence-electron chi connectivity index (χ4n) is 1.51. The highest BCUT2D eigenvalue weighted by Crippen LogP contribution is 2.29. The summed E-state index contributed by atoms with van der Waals surface area (Å²) in [5.41, 5.74) is 1.00. The van der Waals surface area contributed by atoms with Crippen LogP contribution in [0.1, 0.15) is 15.2 Å². The third-order valence-corrected chi connectivity index (χ3v) is 3.10. The van der Waals surface area contributed by atoms with Crippen LogP contribution in [0.3, 0.4) is 0 Å². The minimum Gasteiger partial charge on any atom is -0.477 e. The lowest BCUT2D eigenvalue weighted by Crippen LogP contribution is -1.95. The number of nitrogens with zero attached hydrogens (tertiary/aromatic N) is 1. The van der Waals surface area contributed by atoms with Gasteiger partial charge in [-0.1, -0.05) is 0 Å². The average Bonchev–Trinajstić information content (AvgIpc) is 2.77. The molecular formula is C12H6FNO2S. The fraction of sp³-hybridized carbons (Fsp3) is 0. The number of benzene rings is 1. The van der Waals surface area contributed by atoms with Gasteiger partial charge < -0.3 is 5.11 Å². The maximum atomic E-state index is 13.2. The molecule has 0 aliphatic heterocycles. The molecule has 0 fully saturated rings. The van der Waals surface area contributed by atoms with E-state index in [9.17, 15) is 9.18 Å². The summed E-state index contributed by atoms with van der Waals surface area (Å²) in [6, 6.07) is 7.23. The lowest BCUT2D eigenvalue weighted by Gasteiger charge is -2.01. The second-order valence-corrected chi connectivity index (χ2v) is 4.23. The van der Waals surface area contributed by atoms with Gasteiger partial charge in [0.25, 0.3) is 0 Å². The van der Waals surface area contributed by atoms with Gasteiger partial charge in [-0.05, 0) is 35.2 Å². The highest BCUT2D eigenvalue weighted by atomic mass is 32.1. The van der Waals surface area contributed by atoms with Crippen molar-refractivity contribution in [2.45, 2.75) is 0 Å². The Labute approximate surface area is 100 Å². The van der Waals surface area contributed by atoms with Crippen molar-refractivity contribution in [1.82, 2.24) is 0 Å². The molecule has 2 aromatic rings. The molecule has 0 bridgehead atoms. The lowest BCUT2D eigenvalue weighted by atomic mass is 10.0. The van der Waals surface area contributed by atoms with E-state index in [2.05, 4.69) is 0 Å². The smallest absolute Gasteiger partial charge is 0.346 e. The third-order valence-electron chi connectivity index (χ3n) is 2.20. The number of carbonyl (C=O) groups is 1. The predicted molar refractivity (Wildman–Crippen MR) is 61.4 cm³/mol. The van der Waals surface area contributed by atoms with Crippen molar-refractivity contribution in [1.29, 1.82) is 5.26 Å². The summed E-state index contributed by atoms with van der Waals surface area (Å²) < 4.78 is 13.2. The van der Waals surface area contributed by atoms with Gasteiger partial charge in [0.05, 0.1) is 11.6 Å². The van der Waals surface area contributed by atoms with Crippen LogP contribution in [0.5, 0.6) is 0 Å². The first-order chi connectivity index (χ1) is 8.11. The molecule has 0 aliphatic carbocycles. The molecule has 5 heteroatoms. The molecule has 0 spiro atoms. The van der Waals surface area contributed by atoms with Crippen LogP contribution < -0.4 is 0 Å². The molecule has 1 N–H and O–H groups in total. The Bertz CT molecular complexity index is 628. The summed E-state index contributed by atoms with van der Waals surface area (Å²) in [7, 11) is 0. The van der Waals surface area contributed by atoms with E-state index in [1.165, 1.54) is 12.1 Å². The van der Waals surface area contributed by atoms with Crippen molar-refractivity contribution in [2.24, 2.45) is 0 Å². The van der Waals surface area contributed by atoms with Crippen LogP contribution in [-0.4, -0.2) is 11.1 Å². The van der Waals surface area contributed by atoms with Crippen molar-refractivity contribution in [3.8, 4) is 17.2 Å². The number of hydrogen-bond donors (Lipinski definition) is 1. The number of aromatic carboxylic acids is 1. The Balaban J connectivity index is 2.61. The topological polar surface area (TPSA) is 61.1 Å². The molecule has 17 heavy (non-hydrogen) atoms. The zero-order valence-corrected chi connectivity index (χ0v) is 9.29. The van der Waals surface area contributed by atoms with Crippen molar-refractivity contribution in [3.63, 3.8) is 0 Å². The summed E-state index contributed by atoms with van der Waals surface area (Å²) in [5.74, 6) is -1.61. The molecule has 1 aromatic heterocycles. The van der Waals surface area contributed by atoms with Crippen LogP contribution in [0.25, 0.3) is 11.1 Å². The molecule has 0 radical (unpaired) electrons. The normalized spacial score (nSPS) is 9.88. The first-order valence-electron chi connectivity index (χ1n) is 4.63. The van der Waals surface area contributed by atoms with E-state index in [1.54, 1.807) is 11.4 Å². The van der Waals surface area contributed by atoms with Crippen molar-refractivity contribution in [3.05, 3.63) is 45.9 Å². The molecule has 0 unspecified atom stereocenters. The molecule has 2 rings (SSSR count). The molecule has 0 aliphatic rings. The van der Waals surface area contributed by atoms with E-state index in [4.69, 9.17) is 10.4 Å². The molecule has 3 nitrogen and oxygen atoms in total. The Morgan fingerprint density at radius 3 is 2.82 bits per heavy atom. The summed E-state index contributed by atoms with van der Waals surface area (Å²) in [4.78, 5) is 11.1. The van der Waals surface area contributed by atoms with Crippen LogP contribution in [0.2, 0.25) is 0 Å². The van der Waals surface area contributed by atoms with Gasteiger partial charge >= 0.3 is 5.97 Å². The quantitative estimate of drug-likeness (QED) is 0.886. The van der Waals surface area contributed by atoms with Gasteiger partial charge in [-0.3, -0.25) is 0 Å². The largest absolute Gasteiger partial charge is 0.477 e. The van der Waals surface area contributed by atoms with Crippen molar-refractivity contribution < 1.29 is 14.3 Å². The molecule has 1 heterocycles. The first kappa shape index (κ1) is 11.3. The van der Waals surface area contributed by atoms with Gasteiger partial charge in [0.2, 0.25) is 0 Å². The van der Waals surface area contributed by atoms with E-state index < -0.39 is 11.8 Å². The Morgan fingerprint density at radius 1 is 1.41 bits per heavy atom. The maximum Gasteiger partial charge on any atom is 0.346 e. The minimum atomic E-state index is -1.06.